The molecule has 1 unspecified atom stereocenters. The van der Waals surface area contributed by atoms with Crippen LogP contribution < -0.4 is 0 Å². The molecule has 0 spiro atoms. The highest BCUT2D eigenvalue weighted by molar-refractivity contribution is 5.97. The number of carbonyl (C=O) groups excluding carboxylic acids is 1. The Morgan fingerprint density at radius 3 is 2.64 bits per heavy atom. The van der Waals surface area contributed by atoms with E-state index in [9.17, 15) is 4.79 Å². The van der Waals surface area contributed by atoms with E-state index in [1.54, 1.807) is 0 Å². The third-order valence-electron chi connectivity index (χ3n) is 7.72. The number of fused-ring (bicyclic) bond motifs is 2. The zero-order valence-electron chi connectivity index (χ0n) is 20.1. The van der Waals surface area contributed by atoms with Crippen LogP contribution in [0.3, 0.4) is 0 Å². The van der Waals surface area contributed by atoms with Crippen LogP contribution in [0.5, 0.6) is 0 Å². The largest absolute Gasteiger partial charge is 0.338 e. The molecule has 172 valence electrons. The number of amides is 1. The van der Waals surface area contributed by atoms with E-state index in [1.807, 2.05) is 0 Å². The summed E-state index contributed by atoms with van der Waals surface area (Å²) in [6, 6.07) is 19.8. The number of hydrogen-bond donors (Lipinski definition) is 0. The second-order valence-electron chi connectivity index (χ2n) is 10.2. The van der Waals surface area contributed by atoms with E-state index in [1.165, 1.54) is 58.8 Å². The van der Waals surface area contributed by atoms with E-state index in [0.29, 0.717) is 5.92 Å². The molecule has 3 aromatic rings. The van der Waals surface area contributed by atoms with Gasteiger partial charge in [0.15, 0.2) is 0 Å². The number of aryl methyl sites for hydroxylation is 3. The van der Waals surface area contributed by atoms with Gasteiger partial charge in [-0.15, -0.1) is 0 Å². The van der Waals surface area contributed by atoms with Crippen LogP contribution in [-0.2, 0) is 12.8 Å². The Labute approximate surface area is 198 Å². The highest BCUT2D eigenvalue weighted by Crippen LogP contribution is 2.26. The van der Waals surface area contributed by atoms with Gasteiger partial charge in [0.05, 0.1) is 0 Å². The maximum absolute atomic E-state index is 13.2. The lowest BCUT2D eigenvalue weighted by Gasteiger charge is -2.37. The number of nitrogens with zero attached hydrogens (tertiary/aromatic N) is 2. The average molecular weight is 441 g/mol. The van der Waals surface area contributed by atoms with Crippen LogP contribution in [0.25, 0.3) is 10.8 Å². The van der Waals surface area contributed by atoms with Crippen molar-refractivity contribution >= 4 is 16.7 Å². The molecule has 3 aromatic carbocycles. The van der Waals surface area contributed by atoms with Gasteiger partial charge in [0, 0.05) is 25.2 Å². The number of piperidine rings is 1. The molecule has 0 aliphatic carbocycles. The molecule has 3 nitrogen and oxygen atoms in total. The molecule has 0 N–H and O–H groups in total. The molecular formula is C30H36N2O. The molecule has 3 heteroatoms. The summed E-state index contributed by atoms with van der Waals surface area (Å²) in [5.41, 5.74) is 6.12. The zero-order chi connectivity index (χ0) is 22.8. The fraction of sp³-hybridized carbons (Fsp3) is 0.433. The van der Waals surface area contributed by atoms with Crippen molar-refractivity contribution in [2.45, 2.75) is 46.0 Å². The number of rotatable bonds is 6. The Morgan fingerprint density at radius 2 is 1.76 bits per heavy atom. The molecule has 5 rings (SSSR count). The van der Waals surface area contributed by atoms with Gasteiger partial charge in [-0.05, 0) is 104 Å². The minimum absolute atomic E-state index is 0.243. The molecule has 2 aliphatic heterocycles. The van der Waals surface area contributed by atoms with E-state index in [-0.39, 0.29) is 5.91 Å². The molecule has 0 bridgehead atoms. The fourth-order valence-corrected chi connectivity index (χ4v) is 5.70. The van der Waals surface area contributed by atoms with Crippen molar-refractivity contribution in [3.8, 4) is 0 Å². The zero-order valence-corrected chi connectivity index (χ0v) is 20.1. The first-order chi connectivity index (χ1) is 16.1. The van der Waals surface area contributed by atoms with Crippen LogP contribution in [0.1, 0.15) is 51.9 Å². The Bertz CT molecular complexity index is 1150. The monoisotopic (exact) mass is 440 g/mol. The van der Waals surface area contributed by atoms with Crippen LogP contribution in [0.2, 0.25) is 0 Å². The summed E-state index contributed by atoms with van der Waals surface area (Å²) in [5.74, 6) is 0.837. The molecule has 33 heavy (non-hydrogen) atoms. The van der Waals surface area contributed by atoms with E-state index in [4.69, 9.17) is 0 Å². The van der Waals surface area contributed by atoms with Gasteiger partial charge >= 0.3 is 0 Å². The van der Waals surface area contributed by atoms with E-state index in [2.05, 4.69) is 78.2 Å². The normalized spacial score (nSPS) is 19.2. The third-order valence-corrected chi connectivity index (χ3v) is 7.72. The smallest absolute Gasteiger partial charge is 0.254 e. The van der Waals surface area contributed by atoms with Crippen LogP contribution in [0.4, 0.5) is 0 Å². The van der Waals surface area contributed by atoms with Crippen molar-refractivity contribution in [2.75, 3.05) is 32.7 Å². The lowest BCUT2D eigenvalue weighted by Crippen LogP contribution is -2.45. The van der Waals surface area contributed by atoms with Crippen LogP contribution >= 0.6 is 0 Å². The van der Waals surface area contributed by atoms with Crippen molar-refractivity contribution in [3.05, 3.63) is 82.4 Å². The maximum atomic E-state index is 13.2. The van der Waals surface area contributed by atoms with Crippen molar-refractivity contribution in [1.82, 2.24) is 9.80 Å². The van der Waals surface area contributed by atoms with Gasteiger partial charge in [-0.1, -0.05) is 48.5 Å². The summed E-state index contributed by atoms with van der Waals surface area (Å²) in [6.45, 7) is 9.50. The fourth-order valence-electron chi connectivity index (χ4n) is 5.70. The van der Waals surface area contributed by atoms with Gasteiger partial charge in [-0.2, -0.15) is 0 Å². The molecular weight excluding hydrogens is 404 g/mol. The molecule has 0 aromatic heterocycles. The Hall–Kier alpha value is -2.65. The summed E-state index contributed by atoms with van der Waals surface area (Å²) in [6.07, 6.45) is 5.80. The minimum Gasteiger partial charge on any atom is -0.338 e. The summed E-state index contributed by atoms with van der Waals surface area (Å²) in [7, 11) is 0. The SMILES string of the molecule is Cc1cc2c(cc1C)C(=O)N(CC1CCCN(CCCc3ccc4ccccc4c3)C1)CC2. The van der Waals surface area contributed by atoms with Crippen molar-refractivity contribution in [2.24, 2.45) is 5.92 Å². The molecule has 1 atom stereocenters. The molecule has 1 amide bonds. The minimum atomic E-state index is 0.243. The Kier molecular flexibility index (Phi) is 6.50. The second kappa shape index (κ2) is 9.69. The maximum Gasteiger partial charge on any atom is 0.254 e. The first-order valence-electron chi connectivity index (χ1n) is 12.7. The summed E-state index contributed by atoms with van der Waals surface area (Å²) in [5, 5.41) is 2.66. The quantitative estimate of drug-likeness (QED) is 0.484. The van der Waals surface area contributed by atoms with E-state index >= 15 is 0 Å². The van der Waals surface area contributed by atoms with E-state index < -0.39 is 0 Å². The Balaban J connectivity index is 1.14. The van der Waals surface area contributed by atoms with Crippen molar-refractivity contribution < 1.29 is 4.79 Å². The van der Waals surface area contributed by atoms with Gasteiger partial charge in [0.2, 0.25) is 0 Å². The van der Waals surface area contributed by atoms with Crippen molar-refractivity contribution in [3.63, 3.8) is 0 Å². The first kappa shape index (κ1) is 22.2. The molecule has 2 heterocycles. The van der Waals surface area contributed by atoms with Crippen LogP contribution in [0, 0.1) is 19.8 Å². The molecule has 1 fully saturated rings. The van der Waals surface area contributed by atoms with Gasteiger partial charge in [-0.3, -0.25) is 4.79 Å². The number of likely N-dealkylation sites (tertiary alicyclic amines) is 1. The van der Waals surface area contributed by atoms with Gasteiger partial charge in [0.25, 0.3) is 5.91 Å². The van der Waals surface area contributed by atoms with Gasteiger partial charge < -0.3 is 9.80 Å². The van der Waals surface area contributed by atoms with Gasteiger partial charge in [0.1, 0.15) is 0 Å². The molecule has 0 saturated carbocycles. The Morgan fingerprint density at radius 1 is 0.939 bits per heavy atom. The number of carbonyl (C=O) groups is 1. The van der Waals surface area contributed by atoms with Crippen LogP contribution in [-0.4, -0.2) is 48.4 Å². The first-order valence-corrected chi connectivity index (χ1v) is 12.7. The summed E-state index contributed by atoms with van der Waals surface area (Å²) >= 11 is 0. The summed E-state index contributed by atoms with van der Waals surface area (Å²) in [4.78, 5) is 17.9. The lowest BCUT2D eigenvalue weighted by molar-refractivity contribution is 0.0661. The van der Waals surface area contributed by atoms with Crippen LogP contribution in [0.15, 0.2) is 54.6 Å². The number of benzene rings is 3. The predicted octanol–water partition coefficient (Wildman–Crippen LogP) is 5.80. The van der Waals surface area contributed by atoms with E-state index in [0.717, 1.165) is 44.6 Å². The third kappa shape index (κ3) is 4.99. The molecule has 2 aliphatic rings. The van der Waals surface area contributed by atoms with Gasteiger partial charge in [-0.25, -0.2) is 0 Å². The predicted molar refractivity (Wildman–Crippen MR) is 137 cm³/mol. The topological polar surface area (TPSA) is 23.6 Å². The summed E-state index contributed by atoms with van der Waals surface area (Å²) < 4.78 is 0. The standard InChI is InChI=1S/C30H36N2O/c1-22-17-28-13-16-32(30(33)29(28)18-23(22)2)21-25-8-6-15-31(20-25)14-5-7-24-11-12-26-9-3-4-10-27(26)19-24/h3-4,9-12,17-19,25H,5-8,13-16,20-21H2,1-2H3. The van der Waals surface area contributed by atoms with Crippen molar-refractivity contribution in [1.29, 1.82) is 0 Å². The highest BCUT2D eigenvalue weighted by atomic mass is 16.2. The second-order valence-corrected chi connectivity index (χ2v) is 10.2. The number of hydrogen-bond acceptors (Lipinski definition) is 2. The average Bonchev–Trinajstić information content (AvgIpc) is 2.82. The lowest BCUT2D eigenvalue weighted by atomic mass is 9.92. The highest BCUT2D eigenvalue weighted by Gasteiger charge is 2.28. The molecule has 1 saturated heterocycles. The molecule has 0 radical (unpaired) electrons.